The third kappa shape index (κ3) is 2.76. The van der Waals surface area contributed by atoms with Crippen molar-refractivity contribution in [1.82, 2.24) is 4.98 Å². The van der Waals surface area contributed by atoms with Crippen LogP contribution >= 0.6 is 0 Å². The lowest BCUT2D eigenvalue weighted by atomic mass is 9.94. The Balaban J connectivity index is 2.36. The van der Waals surface area contributed by atoms with Gasteiger partial charge in [0.25, 0.3) is 0 Å². The van der Waals surface area contributed by atoms with Gasteiger partial charge in [0.15, 0.2) is 0 Å². The Bertz CT molecular complexity index is 538. The van der Waals surface area contributed by atoms with Crippen LogP contribution in [0.5, 0.6) is 0 Å². The average Bonchev–Trinajstić information content (AvgIpc) is 2.38. The molecule has 3 nitrogen and oxygen atoms in total. The zero-order valence-electron chi connectivity index (χ0n) is 11.7. The molecule has 0 amide bonds. The SMILES string of the molecule is Cc1ccnc(N)c1C(N)c1ccc(C(C)C)cc1. The van der Waals surface area contributed by atoms with Gasteiger partial charge in [0.1, 0.15) is 5.82 Å². The number of hydrogen-bond donors (Lipinski definition) is 2. The summed E-state index contributed by atoms with van der Waals surface area (Å²) in [5.74, 6) is 1.04. The zero-order chi connectivity index (χ0) is 14.0. The summed E-state index contributed by atoms with van der Waals surface area (Å²) in [6.07, 6.45) is 1.71. The molecular formula is C16H21N3. The predicted octanol–water partition coefficient (Wildman–Crippen LogP) is 3.14. The normalized spacial score (nSPS) is 12.7. The highest BCUT2D eigenvalue weighted by molar-refractivity contribution is 5.49. The highest BCUT2D eigenvalue weighted by Crippen LogP contribution is 2.27. The summed E-state index contributed by atoms with van der Waals surface area (Å²) < 4.78 is 0. The van der Waals surface area contributed by atoms with Gasteiger partial charge in [-0.15, -0.1) is 0 Å². The number of benzene rings is 1. The molecule has 0 aliphatic rings. The molecule has 0 saturated heterocycles. The minimum atomic E-state index is -0.227. The molecule has 0 fully saturated rings. The molecule has 0 spiro atoms. The maximum absolute atomic E-state index is 6.32. The Morgan fingerprint density at radius 3 is 2.11 bits per heavy atom. The standard InChI is InChI=1S/C16H21N3/c1-10(2)12-4-6-13(7-5-12)15(17)14-11(3)8-9-19-16(14)18/h4-10,15H,17H2,1-3H3,(H2,18,19). The molecule has 0 radical (unpaired) electrons. The van der Waals surface area contributed by atoms with E-state index < -0.39 is 0 Å². The third-order valence-corrected chi connectivity index (χ3v) is 3.51. The van der Waals surface area contributed by atoms with Crippen LogP contribution in [-0.2, 0) is 0 Å². The van der Waals surface area contributed by atoms with Crippen LogP contribution in [0.15, 0.2) is 36.5 Å². The number of nitrogens with zero attached hydrogens (tertiary/aromatic N) is 1. The van der Waals surface area contributed by atoms with Crippen molar-refractivity contribution in [1.29, 1.82) is 0 Å². The monoisotopic (exact) mass is 255 g/mol. The third-order valence-electron chi connectivity index (χ3n) is 3.51. The molecule has 2 rings (SSSR count). The van der Waals surface area contributed by atoms with Gasteiger partial charge in [-0.2, -0.15) is 0 Å². The molecule has 1 aromatic carbocycles. The first-order valence-corrected chi connectivity index (χ1v) is 6.57. The first-order chi connectivity index (χ1) is 9.00. The summed E-state index contributed by atoms with van der Waals surface area (Å²) in [5, 5.41) is 0. The van der Waals surface area contributed by atoms with Crippen LogP contribution in [0.4, 0.5) is 5.82 Å². The van der Waals surface area contributed by atoms with E-state index in [1.54, 1.807) is 6.20 Å². The number of pyridine rings is 1. The van der Waals surface area contributed by atoms with E-state index in [0.29, 0.717) is 11.7 Å². The van der Waals surface area contributed by atoms with Gasteiger partial charge < -0.3 is 11.5 Å². The molecule has 100 valence electrons. The van der Waals surface area contributed by atoms with Crippen molar-refractivity contribution in [3.05, 3.63) is 58.8 Å². The Morgan fingerprint density at radius 1 is 1.00 bits per heavy atom. The summed E-state index contributed by atoms with van der Waals surface area (Å²) in [4.78, 5) is 4.13. The van der Waals surface area contributed by atoms with Crippen LogP contribution in [0.1, 0.15) is 48.1 Å². The fourth-order valence-electron chi connectivity index (χ4n) is 2.25. The van der Waals surface area contributed by atoms with Crippen molar-refractivity contribution in [3.8, 4) is 0 Å². The second-order valence-electron chi connectivity index (χ2n) is 5.23. The first-order valence-electron chi connectivity index (χ1n) is 6.57. The van der Waals surface area contributed by atoms with Crippen LogP contribution < -0.4 is 11.5 Å². The highest BCUT2D eigenvalue weighted by atomic mass is 14.8. The van der Waals surface area contributed by atoms with Gasteiger partial charge in [-0.1, -0.05) is 38.1 Å². The number of rotatable bonds is 3. The Labute approximate surface area is 114 Å². The fraction of sp³-hybridized carbons (Fsp3) is 0.312. The van der Waals surface area contributed by atoms with E-state index in [1.807, 2.05) is 13.0 Å². The summed E-state index contributed by atoms with van der Waals surface area (Å²) >= 11 is 0. The zero-order valence-corrected chi connectivity index (χ0v) is 11.7. The van der Waals surface area contributed by atoms with Gasteiger partial charge >= 0.3 is 0 Å². The van der Waals surface area contributed by atoms with Crippen LogP contribution in [-0.4, -0.2) is 4.98 Å². The molecule has 1 atom stereocenters. The van der Waals surface area contributed by atoms with E-state index in [4.69, 9.17) is 11.5 Å². The smallest absolute Gasteiger partial charge is 0.128 e. The van der Waals surface area contributed by atoms with Crippen molar-refractivity contribution in [2.24, 2.45) is 5.73 Å². The molecule has 4 N–H and O–H groups in total. The van der Waals surface area contributed by atoms with E-state index in [2.05, 4.69) is 43.1 Å². The van der Waals surface area contributed by atoms with E-state index in [0.717, 1.165) is 16.7 Å². The number of nitrogen functional groups attached to an aromatic ring is 1. The van der Waals surface area contributed by atoms with Gasteiger partial charge in [0.2, 0.25) is 0 Å². The summed E-state index contributed by atoms with van der Waals surface area (Å²) in [7, 11) is 0. The topological polar surface area (TPSA) is 64.9 Å². The molecular weight excluding hydrogens is 234 g/mol. The van der Waals surface area contributed by atoms with Crippen LogP contribution in [0.3, 0.4) is 0 Å². The van der Waals surface area contributed by atoms with Crippen molar-refractivity contribution >= 4 is 5.82 Å². The van der Waals surface area contributed by atoms with Gasteiger partial charge in [0, 0.05) is 11.8 Å². The van der Waals surface area contributed by atoms with Crippen molar-refractivity contribution in [2.45, 2.75) is 32.7 Å². The number of nitrogens with two attached hydrogens (primary N) is 2. The molecule has 0 bridgehead atoms. The largest absolute Gasteiger partial charge is 0.383 e. The van der Waals surface area contributed by atoms with Gasteiger partial charge in [-0.25, -0.2) is 4.98 Å². The fourth-order valence-corrected chi connectivity index (χ4v) is 2.25. The van der Waals surface area contributed by atoms with Crippen molar-refractivity contribution < 1.29 is 0 Å². The van der Waals surface area contributed by atoms with Crippen molar-refractivity contribution in [3.63, 3.8) is 0 Å². The molecule has 19 heavy (non-hydrogen) atoms. The molecule has 0 aliphatic heterocycles. The lowest BCUT2D eigenvalue weighted by Crippen LogP contribution is -2.16. The minimum Gasteiger partial charge on any atom is -0.383 e. The second-order valence-corrected chi connectivity index (χ2v) is 5.23. The number of hydrogen-bond acceptors (Lipinski definition) is 3. The number of anilines is 1. The molecule has 0 aliphatic carbocycles. The summed E-state index contributed by atoms with van der Waals surface area (Å²) in [6.45, 7) is 6.37. The molecule has 3 heteroatoms. The number of aryl methyl sites for hydroxylation is 1. The van der Waals surface area contributed by atoms with E-state index in [9.17, 15) is 0 Å². The van der Waals surface area contributed by atoms with Crippen LogP contribution in [0.2, 0.25) is 0 Å². The lowest BCUT2D eigenvalue weighted by Gasteiger charge is -2.17. The summed E-state index contributed by atoms with van der Waals surface area (Å²) in [5.41, 5.74) is 16.6. The predicted molar refractivity (Wildman–Crippen MR) is 79.9 cm³/mol. The number of aromatic nitrogens is 1. The Morgan fingerprint density at radius 2 is 1.58 bits per heavy atom. The van der Waals surface area contributed by atoms with E-state index in [-0.39, 0.29) is 6.04 Å². The van der Waals surface area contributed by atoms with E-state index >= 15 is 0 Å². The van der Waals surface area contributed by atoms with Gasteiger partial charge in [0.05, 0.1) is 6.04 Å². The summed E-state index contributed by atoms with van der Waals surface area (Å²) in [6, 6.07) is 10.1. The highest BCUT2D eigenvalue weighted by Gasteiger charge is 2.15. The van der Waals surface area contributed by atoms with Crippen LogP contribution in [0, 0.1) is 6.92 Å². The molecule has 1 heterocycles. The molecule has 1 unspecified atom stereocenters. The van der Waals surface area contributed by atoms with E-state index in [1.165, 1.54) is 5.56 Å². The lowest BCUT2D eigenvalue weighted by molar-refractivity contribution is 0.841. The average molecular weight is 255 g/mol. The van der Waals surface area contributed by atoms with Crippen molar-refractivity contribution in [2.75, 3.05) is 5.73 Å². The Hall–Kier alpha value is -1.87. The maximum atomic E-state index is 6.32. The maximum Gasteiger partial charge on any atom is 0.128 e. The molecule has 0 saturated carbocycles. The van der Waals surface area contributed by atoms with Gasteiger partial charge in [-0.05, 0) is 35.6 Å². The van der Waals surface area contributed by atoms with Gasteiger partial charge in [-0.3, -0.25) is 0 Å². The minimum absolute atomic E-state index is 0.227. The molecule has 1 aromatic heterocycles. The quantitative estimate of drug-likeness (QED) is 0.885. The second kappa shape index (κ2) is 5.41. The Kier molecular flexibility index (Phi) is 3.86. The first kappa shape index (κ1) is 13.6. The van der Waals surface area contributed by atoms with Crippen LogP contribution in [0.25, 0.3) is 0 Å². The molecule has 2 aromatic rings.